The van der Waals surface area contributed by atoms with Gasteiger partial charge in [0, 0.05) is 18.6 Å². The zero-order valence-electron chi connectivity index (χ0n) is 11.8. The largest absolute Gasteiger partial charge is 0.416 e. The summed E-state index contributed by atoms with van der Waals surface area (Å²) < 4.78 is 64.8. The predicted octanol–water partition coefficient (Wildman–Crippen LogP) is 2.22. The van der Waals surface area contributed by atoms with Gasteiger partial charge in [-0.15, -0.1) is 0 Å². The molecule has 2 unspecified atom stereocenters. The van der Waals surface area contributed by atoms with Gasteiger partial charge < -0.3 is 5.32 Å². The number of fused-ring (bicyclic) bond motifs is 2. The molecule has 0 saturated carbocycles. The molecule has 0 amide bonds. The molecule has 2 bridgehead atoms. The van der Waals surface area contributed by atoms with E-state index in [4.69, 9.17) is 0 Å². The van der Waals surface area contributed by atoms with Crippen molar-refractivity contribution in [3.05, 3.63) is 29.8 Å². The number of alkyl halides is 3. The van der Waals surface area contributed by atoms with Crippen LogP contribution in [0, 0.1) is 0 Å². The number of nitrogens with one attached hydrogen (secondary N) is 1. The summed E-state index contributed by atoms with van der Waals surface area (Å²) in [6.45, 7) is 1.36. The molecule has 2 saturated heterocycles. The minimum atomic E-state index is -4.46. The molecule has 22 heavy (non-hydrogen) atoms. The molecule has 2 atom stereocenters. The molecule has 1 aromatic carbocycles. The minimum absolute atomic E-state index is 0.0627. The average molecular weight is 334 g/mol. The maximum absolute atomic E-state index is 12.8. The molecule has 0 aliphatic carbocycles. The van der Waals surface area contributed by atoms with Gasteiger partial charge >= 0.3 is 6.18 Å². The van der Waals surface area contributed by atoms with Crippen LogP contribution in [0.1, 0.15) is 24.8 Å². The van der Waals surface area contributed by atoms with Crippen LogP contribution < -0.4 is 5.32 Å². The van der Waals surface area contributed by atoms with Crippen LogP contribution in [0.4, 0.5) is 13.2 Å². The standard InChI is InChI=1S/C14H17F3N2O2S/c15-14(16,17)10-1-5-13(6-2-10)22(20,21)19-11-3-4-12(19)9-18-8-7-11/h1-2,5-6,11-12,18H,3-4,7-9H2. The minimum Gasteiger partial charge on any atom is -0.315 e. The molecular weight excluding hydrogens is 317 g/mol. The topological polar surface area (TPSA) is 49.4 Å². The van der Waals surface area contributed by atoms with Crippen LogP contribution in [0.15, 0.2) is 29.2 Å². The summed E-state index contributed by atoms with van der Waals surface area (Å²) in [5, 5.41) is 3.21. The normalized spacial score (nSPS) is 26.9. The first-order valence-electron chi connectivity index (χ1n) is 7.21. The van der Waals surface area contributed by atoms with Crippen LogP contribution in [0.5, 0.6) is 0 Å². The Labute approximate surface area is 127 Å². The first-order valence-corrected chi connectivity index (χ1v) is 8.65. The highest BCUT2D eigenvalue weighted by Crippen LogP contribution is 2.35. The first kappa shape index (κ1) is 15.8. The van der Waals surface area contributed by atoms with Gasteiger partial charge in [0.05, 0.1) is 10.5 Å². The van der Waals surface area contributed by atoms with Crippen LogP contribution in [-0.2, 0) is 16.2 Å². The molecule has 0 aromatic heterocycles. The molecule has 1 N–H and O–H groups in total. The van der Waals surface area contributed by atoms with Gasteiger partial charge in [0.25, 0.3) is 0 Å². The van der Waals surface area contributed by atoms with E-state index >= 15 is 0 Å². The average Bonchev–Trinajstić information content (AvgIpc) is 2.72. The van der Waals surface area contributed by atoms with Crippen molar-refractivity contribution in [2.75, 3.05) is 13.1 Å². The molecule has 1 aromatic rings. The Morgan fingerprint density at radius 1 is 1.05 bits per heavy atom. The molecule has 122 valence electrons. The number of sulfonamides is 1. The molecular formula is C14H17F3N2O2S. The van der Waals surface area contributed by atoms with Crippen molar-refractivity contribution in [2.24, 2.45) is 0 Å². The lowest BCUT2D eigenvalue weighted by Crippen LogP contribution is -2.42. The third-order valence-corrected chi connectivity index (χ3v) is 6.36. The summed E-state index contributed by atoms with van der Waals surface area (Å²) in [5.41, 5.74) is -0.841. The second-order valence-corrected chi connectivity index (χ2v) is 7.58. The van der Waals surface area contributed by atoms with Gasteiger partial charge in [0.2, 0.25) is 10.0 Å². The highest BCUT2D eigenvalue weighted by Gasteiger charge is 2.43. The van der Waals surface area contributed by atoms with Crippen LogP contribution in [0.25, 0.3) is 0 Å². The van der Waals surface area contributed by atoms with Gasteiger partial charge in [-0.1, -0.05) is 0 Å². The van der Waals surface area contributed by atoms with Crippen molar-refractivity contribution < 1.29 is 21.6 Å². The van der Waals surface area contributed by atoms with Crippen molar-refractivity contribution >= 4 is 10.0 Å². The Hall–Kier alpha value is -1.12. The summed E-state index contributed by atoms with van der Waals surface area (Å²) >= 11 is 0. The third kappa shape index (κ3) is 2.75. The maximum atomic E-state index is 12.8. The summed E-state index contributed by atoms with van der Waals surface area (Å²) in [4.78, 5) is -0.0701. The van der Waals surface area contributed by atoms with Crippen molar-refractivity contribution in [1.29, 1.82) is 0 Å². The van der Waals surface area contributed by atoms with E-state index < -0.39 is 21.8 Å². The Bertz CT molecular complexity index is 629. The predicted molar refractivity (Wildman–Crippen MR) is 74.8 cm³/mol. The highest BCUT2D eigenvalue weighted by atomic mass is 32.2. The third-order valence-electron chi connectivity index (χ3n) is 4.34. The quantitative estimate of drug-likeness (QED) is 0.902. The zero-order valence-corrected chi connectivity index (χ0v) is 12.6. The zero-order chi connectivity index (χ0) is 16.0. The van der Waals surface area contributed by atoms with Crippen LogP contribution in [-0.4, -0.2) is 37.9 Å². The summed E-state index contributed by atoms with van der Waals surface area (Å²) in [5.74, 6) is 0. The SMILES string of the molecule is O=S(=O)(c1ccc(C(F)(F)F)cc1)N1C2CCNCC1CC2. The smallest absolute Gasteiger partial charge is 0.315 e. The van der Waals surface area contributed by atoms with Crippen molar-refractivity contribution in [1.82, 2.24) is 9.62 Å². The van der Waals surface area contributed by atoms with E-state index in [2.05, 4.69) is 5.32 Å². The number of hydrogen-bond acceptors (Lipinski definition) is 3. The van der Waals surface area contributed by atoms with Gasteiger partial charge in [-0.3, -0.25) is 0 Å². The number of rotatable bonds is 2. The van der Waals surface area contributed by atoms with Crippen molar-refractivity contribution in [3.8, 4) is 0 Å². The van der Waals surface area contributed by atoms with Gasteiger partial charge in [-0.2, -0.15) is 17.5 Å². The molecule has 2 aliphatic heterocycles. The summed E-state index contributed by atoms with van der Waals surface area (Å²) in [7, 11) is -3.76. The molecule has 2 aliphatic rings. The molecule has 4 nitrogen and oxygen atoms in total. The van der Waals surface area contributed by atoms with Crippen LogP contribution >= 0.6 is 0 Å². The lowest BCUT2D eigenvalue weighted by molar-refractivity contribution is -0.137. The van der Waals surface area contributed by atoms with E-state index in [0.717, 1.165) is 50.1 Å². The number of benzene rings is 1. The molecule has 2 fully saturated rings. The molecule has 8 heteroatoms. The fourth-order valence-corrected chi connectivity index (χ4v) is 5.17. The van der Waals surface area contributed by atoms with Crippen molar-refractivity contribution in [2.45, 2.75) is 42.4 Å². The second kappa shape index (κ2) is 5.50. The van der Waals surface area contributed by atoms with Gasteiger partial charge in [-0.25, -0.2) is 8.42 Å². The summed E-state index contributed by atoms with van der Waals surface area (Å²) in [6.07, 6.45) is -2.13. The Kier molecular flexibility index (Phi) is 3.94. The number of nitrogens with zero attached hydrogens (tertiary/aromatic N) is 1. The lowest BCUT2D eigenvalue weighted by atomic mass is 10.1. The van der Waals surface area contributed by atoms with E-state index in [1.54, 1.807) is 0 Å². The monoisotopic (exact) mass is 334 g/mol. The van der Waals surface area contributed by atoms with Crippen LogP contribution in [0.3, 0.4) is 0 Å². The van der Waals surface area contributed by atoms with Crippen molar-refractivity contribution in [3.63, 3.8) is 0 Å². The van der Waals surface area contributed by atoms with Gasteiger partial charge in [-0.05, 0) is 50.1 Å². The van der Waals surface area contributed by atoms with E-state index in [9.17, 15) is 21.6 Å². The van der Waals surface area contributed by atoms with E-state index in [1.807, 2.05) is 0 Å². The lowest BCUT2D eigenvalue weighted by Gasteiger charge is -2.27. The van der Waals surface area contributed by atoms with E-state index in [-0.39, 0.29) is 17.0 Å². The second-order valence-electron chi connectivity index (χ2n) is 5.73. The Morgan fingerprint density at radius 2 is 1.68 bits per heavy atom. The van der Waals surface area contributed by atoms with Gasteiger partial charge in [0.15, 0.2) is 0 Å². The van der Waals surface area contributed by atoms with E-state index in [1.165, 1.54) is 4.31 Å². The summed E-state index contributed by atoms with van der Waals surface area (Å²) in [6, 6.07) is 3.58. The Morgan fingerprint density at radius 3 is 2.32 bits per heavy atom. The molecule has 3 rings (SSSR count). The highest BCUT2D eigenvalue weighted by molar-refractivity contribution is 7.89. The first-order chi connectivity index (χ1) is 10.3. The fourth-order valence-electron chi connectivity index (χ4n) is 3.27. The number of halogens is 3. The fraction of sp³-hybridized carbons (Fsp3) is 0.571. The molecule has 0 spiro atoms. The number of hydrogen-bond donors (Lipinski definition) is 1. The Balaban J connectivity index is 1.93. The molecule has 0 radical (unpaired) electrons. The maximum Gasteiger partial charge on any atom is 0.416 e. The van der Waals surface area contributed by atoms with Crippen LogP contribution in [0.2, 0.25) is 0 Å². The molecule has 2 heterocycles. The van der Waals surface area contributed by atoms with E-state index in [0.29, 0.717) is 6.54 Å². The van der Waals surface area contributed by atoms with Gasteiger partial charge in [0.1, 0.15) is 0 Å².